The summed E-state index contributed by atoms with van der Waals surface area (Å²) in [7, 11) is 0. The largest absolute Gasteiger partial charge is 0.346 e. The summed E-state index contributed by atoms with van der Waals surface area (Å²) in [6, 6.07) is 11.4. The number of hydrogen-bond donors (Lipinski definition) is 1. The van der Waals surface area contributed by atoms with Crippen LogP contribution in [0, 0.1) is 13.8 Å². The maximum atomic E-state index is 12.4. The molecule has 116 valence electrons. The summed E-state index contributed by atoms with van der Waals surface area (Å²) in [5.41, 5.74) is 4.15. The van der Waals surface area contributed by atoms with Crippen LogP contribution in [0.5, 0.6) is 0 Å². The smallest absolute Gasteiger partial charge is 0.254 e. The predicted molar refractivity (Wildman–Crippen MR) is 91.6 cm³/mol. The van der Waals surface area contributed by atoms with Gasteiger partial charge in [0.1, 0.15) is 5.15 Å². The number of carbonyl (C=O) groups is 1. The number of amides is 1. The summed E-state index contributed by atoms with van der Waals surface area (Å²) in [4.78, 5) is 20.9. The number of pyridine rings is 2. The van der Waals surface area contributed by atoms with Gasteiger partial charge >= 0.3 is 0 Å². The van der Waals surface area contributed by atoms with E-state index >= 15 is 0 Å². The lowest BCUT2D eigenvalue weighted by atomic mass is 10.1. The van der Waals surface area contributed by atoms with Gasteiger partial charge in [0.15, 0.2) is 0 Å². The van der Waals surface area contributed by atoms with E-state index in [9.17, 15) is 4.79 Å². The first-order chi connectivity index (χ1) is 11.0. The molecule has 0 saturated carbocycles. The van der Waals surface area contributed by atoms with Gasteiger partial charge in [-0.2, -0.15) is 0 Å². The first kappa shape index (κ1) is 15.4. The van der Waals surface area contributed by atoms with Crippen LogP contribution in [-0.4, -0.2) is 15.9 Å². The van der Waals surface area contributed by atoms with Crippen molar-refractivity contribution in [2.75, 3.05) is 0 Å². The van der Waals surface area contributed by atoms with Gasteiger partial charge in [-0.1, -0.05) is 29.3 Å². The first-order valence-corrected chi connectivity index (χ1v) is 7.68. The number of fused-ring (bicyclic) bond motifs is 1. The van der Waals surface area contributed by atoms with Crippen LogP contribution in [0.1, 0.15) is 27.2 Å². The summed E-state index contributed by atoms with van der Waals surface area (Å²) in [6.45, 7) is 4.35. The van der Waals surface area contributed by atoms with Crippen LogP contribution in [0.2, 0.25) is 5.15 Å². The lowest BCUT2D eigenvalue weighted by Gasteiger charge is -2.09. The number of nitrogens with zero attached hydrogens (tertiary/aromatic N) is 2. The SMILES string of the molecule is Cc1cc(C)c2nc(Cl)c(C(=O)NCc3ccccn3)cc2c1. The molecule has 23 heavy (non-hydrogen) atoms. The summed E-state index contributed by atoms with van der Waals surface area (Å²) in [5, 5.41) is 3.95. The average molecular weight is 326 g/mol. The molecule has 3 rings (SSSR count). The van der Waals surface area contributed by atoms with Crippen LogP contribution in [0.25, 0.3) is 10.9 Å². The van der Waals surface area contributed by atoms with Gasteiger partial charge < -0.3 is 5.32 Å². The first-order valence-electron chi connectivity index (χ1n) is 7.30. The Hall–Kier alpha value is -2.46. The maximum absolute atomic E-state index is 12.4. The van der Waals surface area contributed by atoms with Crippen molar-refractivity contribution in [2.45, 2.75) is 20.4 Å². The molecule has 1 amide bonds. The molecule has 0 saturated heterocycles. The average Bonchev–Trinajstić information content (AvgIpc) is 2.54. The highest BCUT2D eigenvalue weighted by atomic mass is 35.5. The number of benzene rings is 1. The fourth-order valence-corrected chi connectivity index (χ4v) is 2.78. The van der Waals surface area contributed by atoms with Crippen molar-refractivity contribution >= 4 is 28.4 Å². The predicted octanol–water partition coefficient (Wildman–Crippen LogP) is 3.83. The zero-order valence-electron chi connectivity index (χ0n) is 12.9. The molecule has 3 aromatic rings. The molecule has 1 aromatic carbocycles. The molecule has 5 heteroatoms. The van der Waals surface area contributed by atoms with Gasteiger partial charge in [-0.15, -0.1) is 0 Å². The van der Waals surface area contributed by atoms with E-state index in [0.29, 0.717) is 12.1 Å². The van der Waals surface area contributed by atoms with E-state index < -0.39 is 0 Å². The molecule has 0 fully saturated rings. The maximum Gasteiger partial charge on any atom is 0.254 e. The highest BCUT2D eigenvalue weighted by molar-refractivity contribution is 6.33. The lowest BCUT2D eigenvalue weighted by Crippen LogP contribution is -2.23. The van der Waals surface area contributed by atoms with Crippen LogP contribution in [0.15, 0.2) is 42.6 Å². The number of rotatable bonds is 3. The monoisotopic (exact) mass is 325 g/mol. The number of carbonyl (C=O) groups excluding carboxylic acids is 1. The Kier molecular flexibility index (Phi) is 4.26. The Morgan fingerprint density at radius 3 is 2.78 bits per heavy atom. The fraction of sp³-hybridized carbons (Fsp3) is 0.167. The van der Waals surface area contributed by atoms with Gasteiger partial charge in [-0.3, -0.25) is 9.78 Å². The second-order valence-corrected chi connectivity index (χ2v) is 5.84. The molecular formula is C18H16ClN3O. The van der Waals surface area contributed by atoms with Gasteiger partial charge in [-0.25, -0.2) is 4.98 Å². The Morgan fingerprint density at radius 1 is 1.22 bits per heavy atom. The van der Waals surface area contributed by atoms with E-state index in [-0.39, 0.29) is 11.1 Å². The van der Waals surface area contributed by atoms with Crippen LogP contribution >= 0.6 is 11.6 Å². The van der Waals surface area contributed by atoms with Gasteiger partial charge in [0.2, 0.25) is 0 Å². The highest BCUT2D eigenvalue weighted by Crippen LogP contribution is 2.24. The highest BCUT2D eigenvalue weighted by Gasteiger charge is 2.14. The molecule has 0 unspecified atom stereocenters. The van der Waals surface area contributed by atoms with Crippen molar-refractivity contribution in [3.05, 3.63) is 70.1 Å². The molecule has 4 nitrogen and oxygen atoms in total. The molecule has 0 bridgehead atoms. The Balaban J connectivity index is 1.89. The second-order valence-electron chi connectivity index (χ2n) is 5.48. The number of aromatic nitrogens is 2. The third-order valence-electron chi connectivity index (χ3n) is 3.61. The quantitative estimate of drug-likeness (QED) is 0.745. The van der Waals surface area contributed by atoms with Crippen molar-refractivity contribution < 1.29 is 4.79 Å². The Morgan fingerprint density at radius 2 is 2.04 bits per heavy atom. The van der Waals surface area contributed by atoms with E-state index in [2.05, 4.69) is 15.3 Å². The second kappa shape index (κ2) is 6.34. The lowest BCUT2D eigenvalue weighted by molar-refractivity contribution is 0.0950. The van der Waals surface area contributed by atoms with Crippen LogP contribution < -0.4 is 5.32 Å². The van der Waals surface area contributed by atoms with E-state index in [1.807, 2.05) is 44.2 Å². The number of nitrogens with one attached hydrogen (secondary N) is 1. The molecule has 0 aliphatic carbocycles. The van der Waals surface area contributed by atoms with E-state index in [1.165, 1.54) is 0 Å². The molecule has 2 aromatic heterocycles. The molecule has 0 aliphatic heterocycles. The van der Waals surface area contributed by atoms with Crippen molar-refractivity contribution in [1.82, 2.24) is 15.3 Å². The normalized spacial score (nSPS) is 10.7. The molecule has 0 spiro atoms. The summed E-state index contributed by atoms with van der Waals surface area (Å²) < 4.78 is 0. The third-order valence-corrected chi connectivity index (χ3v) is 3.90. The van der Waals surface area contributed by atoms with E-state index in [0.717, 1.165) is 27.7 Å². The van der Waals surface area contributed by atoms with Gasteiger partial charge in [-0.05, 0) is 43.7 Å². The third kappa shape index (κ3) is 3.32. The van der Waals surface area contributed by atoms with E-state index in [1.54, 1.807) is 12.3 Å². The standard InChI is InChI=1S/C18H16ClN3O/c1-11-7-12(2)16-13(8-11)9-15(17(19)22-16)18(23)21-10-14-5-3-4-6-20-14/h3-9H,10H2,1-2H3,(H,21,23). The van der Waals surface area contributed by atoms with Crippen molar-refractivity contribution in [3.8, 4) is 0 Å². The van der Waals surface area contributed by atoms with E-state index in [4.69, 9.17) is 11.6 Å². The summed E-state index contributed by atoms with van der Waals surface area (Å²) >= 11 is 6.20. The molecule has 2 heterocycles. The number of hydrogen-bond acceptors (Lipinski definition) is 3. The number of halogens is 1. The topological polar surface area (TPSA) is 54.9 Å². The minimum atomic E-state index is -0.255. The van der Waals surface area contributed by atoms with Crippen LogP contribution in [0.4, 0.5) is 0 Å². The van der Waals surface area contributed by atoms with Gasteiger partial charge in [0, 0.05) is 11.6 Å². The zero-order chi connectivity index (χ0) is 16.4. The van der Waals surface area contributed by atoms with Crippen molar-refractivity contribution in [2.24, 2.45) is 0 Å². The molecule has 0 aliphatic rings. The van der Waals surface area contributed by atoms with Crippen LogP contribution in [0.3, 0.4) is 0 Å². The van der Waals surface area contributed by atoms with Crippen molar-refractivity contribution in [1.29, 1.82) is 0 Å². The summed E-state index contributed by atoms with van der Waals surface area (Å²) in [6.07, 6.45) is 1.69. The molecule has 0 radical (unpaired) electrons. The molecule has 1 N–H and O–H groups in total. The molecule has 0 atom stereocenters. The molecular weight excluding hydrogens is 310 g/mol. The zero-order valence-corrected chi connectivity index (χ0v) is 13.7. The fourth-order valence-electron chi connectivity index (χ4n) is 2.56. The van der Waals surface area contributed by atoms with Gasteiger partial charge in [0.05, 0.1) is 23.3 Å². The van der Waals surface area contributed by atoms with Crippen molar-refractivity contribution in [3.63, 3.8) is 0 Å². The Bertz CT molecular complexity index is 878. The Labute approximate surface area is 139 Å². The van der Waals surface area contributed by atoms with Gasteiger partial charge in [0.25, 0.3) is 5.91 Å². The minimum absolute atomic E-state index is 0.211. The van der Waals surface area contributed by atoms with Crippen LogP contribution in [-0.2, 0) is 6.54 Å². The minimum Gasteiger partial charge on any atom is -0.346 e. The summed E-state index contributed by atoms with van der Waals surface area (Å²) in [5.74, 6) is -0.255. The number of aryl methyl sites for hydroxylation is 2.